The lowest BCUT2D eigenvalue weighted by Gasteiger charge is -2.07. The first-order chi connectivity index (χ1) is 7.31. The molecule has 1 aromatic heterocycles. The van der Waals surface area contributed by atoms with Gasteiger partial charge in [0.15, 0.2) is 0 Å². The summed E-state index contributed by atoms with van der Waals surface area (Å²) in [7, 11) is 0. The van der Waals surface area contributed by atoms with E-state index in [1.165, 1.54) is 0 Å². The fourth-order valence-corrected chi connectivity index (χ4v) is 1.27. The molecule has 0 aliphatic heterocycles. The zero-order chi connectivity index (χ0) is 10.7. The van der Waals surface area contributed by atoms with Gasteiger partial charge in [-0.1, -0.05) is 24.3 Å². The first-order valence-electron chi connectivity index (χ1n) is 4.53. The highest BCUT2D eigenvalue weighted by Gasteiger charge is 2.06. The Morgan fingerprint density at radius 1 is 1.33 bits per heavy atom. The van der Waals surface area contributed by atoms with Crippen molar-refractivity contribution in [3.63, 3.8) is 0 Å². The summed E-state index contributed by atoms with van der Waals surface area (Å²) in [6, 6.07) is 7.23. The molecule has 0 spiro atoms. The first-order valence-corrected chi connectivity index (χ1v) is 4.53. The van der Waals surface area contributed by atoms with Crippen LogP contribution >= 0.6 is 0 Å². The molecule has 0 aliphatic rings. The van der Waals surface area contributed by atoms with Crippen LogP contribution in [0.2, 0.25) is 0 Å². The fraction of sp³-hybridized carbons (Fsp3) is 0.222. The van der Waals surface area contributed by atoms with E-state index >= 15 is 0 Å². The van der Waals surface area contributed by atoms with Gasteiger partial charge in [0, 0.05) is 12.1 Å². The number of benzene rings is 1. The predicted molar refractivity (Wildman–Crippen MR) is 53.6 cm³/mol. The van der Waals surface area contributed by atoms with Crippen LogP contribution in [0.1, 0.15) is 11.7 Å². The number of aliphatic hydroxyl groups is 1. The van der Waals surface area contributed by atoms with Crippen molar-refractivity contribution in [2.45, 2.75) is 6.10 Å². The highest BCUT2D eigenvalue weighted by molar-refractivity contribution is 5.54. The lowest BCUT2D eigenvalue weighted by molar-refractivity contribution is 0.187. The van der Waals surface area contributed by atoms with E-state index in [4.69, 9.17) is 5.73 Å². The number of nitrogens with zero attached hydrogens (tertiary/aromatic N) is 3. The van der Waals surface area contributed by atoms with Crippen molar-refractivity contribution < 1.29 is 5.11 Å². The lowest BCUT2D eigenvalue weighted by Crippen LogP contribution is -2.11. The molecule has 6 nitrogen and oxygen atoms in total. The quantitative estimate of drug-likeness (QED) is 0.647. The Morgan fingerprint density at radius 2 is 2.07 bits per heavy atom. The van der Waals surface area contributed by atoms with Gasteiger partial charge in [-0.05, 0) is 10.8 Å². The maximum absolute atomic E-state index is 9.48. The minimum Gasteiger partial charge on any atom is -0.387 e. The highest BCUT2D eigenvalue weighted by atomic mass is 16.3. The average Bonchev–Trinajstić information content (AvgIpc) is 2.82. The molecule has 1 unspecified atom stereocenters. The van der Waals surface area contributed by atoms with Gasteiger partial charge in [0.05, 0.1) is 6.10 Å². The minimum absolute atomic E-state index is 0.210. The van der Waals surface area contributed by atoms with Crippen LogP contribution in [-0.4, -0.2) is 32.3 Å². The summed E-state index contributed by atoms with van der Waals surface area (Å²) < 4.78 is 0. The predicted octanol–water partition coefficient (Wildman–Crippen LogP) is -0.141. The van der Waals surface area contributed by atoms with Gasteiger partial charge in [0.2, 0.25) is 5.82 Å². The molecule has 1 aromatic carbocycles. The third kappa shape index (κ3) is 2.00. The Kier molecular flexibility index (Phi) is 2.70. The van der Waals surface area contributed by atoms with E-state index in [-0.39, 0.29) is 6.54 Å². The molecule has 0 saturated heterocycles. The maximum atomic E-state index is 9.48. The summed E-state index contributed by atoms with van der Waals surface area (Å²) in [4.78, 5) is 0. The SMILES string of the molecule is NCC(O)c1ccc(-c2nn[nH]n2)cc1. The van der Waals surface area contributed by atoms with Gasteiger partial charge in [-0.15, -0.1) is 10.2 Å². The number of hydrogen-bond acceptors (Lipinski definition) is 5. The van der Waals surface area contributed by atoms with Crippen LogP contribution in [0.5, 0.6) is 0 Å². The van der Waals surface area contributed by atoms with Crippen LogP contribution in [0.25, 0.3) is 11.4 Å². The molecule has 0 radical (unpaired) electrons. The number of hydrogen-bond donors (Lipinski definition) is 3. The number of tetrazole rings is 1. The van der Waals surface area contributed by atoms with Crippen molar-refractivity contribution >= 4 is 0 Å². The van der Waals surface area contributed by atoms with E-state index < -0.39 is 6.10 Å². The van der Waals surface area contributed by atoms with Gasteiger partial charge in [-0.25, -0.2) is 0 Å². The number of nitrogens with two attached hydrogens (primary N) is 1. The standard InChI is InChI=1S/C9H11N5O/c10-5-8(15)6-1-3-7(4-2-6)9-11-13-14-12-9/h1-4,8,15H,5,10H2,(H,11,12,13,14). The molecule has 6 heteroatoms. The van der Waals surface area contributed by atoms with Crippen molar-refractivity contribution in [2.24, 2.45) is 5.73 Å². The average molecular weight is 205 g/mol. The third-order valence-electron chi connectivity index (χ3n) is 2.12. The van der Waals surface area contributed by atoms with Crippen molar-refractivity contribution in [2.75, 3.05) is 6.54 Å². The van der Waals surface area contributed by atoms with Crippen LogP contribution in [0.3, 0.4) is 0 Å². The Bertz CT molecular complexity index is 411. The largest absolute Gasteiger partial charge is 0.387 e. The molecule has 0 saturated carbocycles. The van der Waals surface area contributed by atoms with Gasteiger partial charge in [0.25, 0.3) is 0 Å². The Labute approximate surface area is 86.1 Å². The molecule has 0 fully saturated rings. The fourth-order valence-electron chi connectivity index (χ4n) is 1.27. The van der Waals surface area contributed by atoms with Crippen molar-refractivity contribution in [1.82, 2.24) is 20.6 Å². The summed E-state index contributed by atoms with van der Waals surface area (Å²) in [5, 5.41) is 23.0. The van der Waals surface area contributed by atoms with Crippen LogP contribution in [0.15, 0.2) is 24.3 Å². The van der Waals surface area contributed by atoms with Crippen molar-refractivity contribution in [3.8, 4) is 11.4 Å². The van der Waals surface area contributed by atoms with Gasteiger partial charge < -0.3 is 10.8 Å². The van der Waals surface area contributed by atoms with Crippen LogP contribution < -0.4 is 5.73 Å². The molecule has 0 bridgehead atoms. The smallest absolute Gasteiger partial charge is 0.204 e. The molecular formula is C9H11N5O. The van der Waals surface area contributed by atoms with Crippen molar-refractivity contribution in [3.05, 3.63) is 29.8 Å². The van der Waals surface area contributed by atoms with E-state index in [1.807, 2.05) is 12.1 Å². The number of aromatic amines is 1. The maximum Gasteiger partial charge on any atom is 0.204 e. The number of H-pyrrole nitrogens is 1. The summed E-state index contributed by atoms with van der Waals surface area (Å²) in [5.74, 6) is 0.531. The lowest BCUT2D eigenvalue weighted by atomic mass is 10.1. The minimum atomic E-state index is -0.621. The molecule has 1 heterocycles. The summed E-state index contributed by atoms with van der Waals surface area (Å²) >= 11 is 0. The first kappa shape index (κ1) is 9.75. The molecule has 1 atom stereocenters. The second kappa shape index (κ2) is 4.16. The van der Waals surface area contributed by atoms with E-state index in [2.05, 4.69) is 20.6 Å². The molecule has 2 rings (SSSR count). The zero-order valence-corrected chi connectivity index (χ0v) is 7.96. The normalized spacial score (nSPS) is 12.7. The monoisotopic (exact) mass is 205 g/mol. The second-order valence-corrected chi connectivity index (χ2v) is 3.11. The molecule has 78 valence electrons. The van der Waals surface area contributed by atoms with E-state index in [1.54, 1.807) is 12.1 Å². The zero-order valence-electron chi connectivity index (χ0n) is 7.96. The van der Waals surface area contributed by atoms with Gasteiger partial charge in [-0.2, -0.15) is 5.21 Å². The molecule has 2 aromatic rings. The van der Waals surface area contributed by atoms with E-state index in [0.29, 0.717) is 5.82 Å². The number of aromatic nitrogens is 4. The molecule has 15 heavy (non-hydrogen) atoms. The number of rotatable bonds is 3. The number of nitrogens with one attached hydrogen (secondary N) is 1. The Hall–Kier alpha value is -1.79. The molecule has 0 aliphatic carbocycles. The molecule has 4 N–H and O–H groups in total. The summed E-state index contributed by atoms with van der Waals surface area (Å²) in [6.45, 7) is 0.210. The Morgan fingerprint density at radius 3 is 2.60 bits per heavy atom. The van der Waals surface area contributed by atoms with Gasteiger partial charge in [0.1, 0.15) is 0 Å². The van der Waals surface area contributed by atoms with Crippen LogP contribution in [0.4, 0.5) is 0 Å². The topological polar surface area (TPSA) is 101 Å². The highest BCUT2D eigenvalue weighted by Crippen LogP contribution is 2.17. The third-order valence-corrected chi connectivity index (χ3v) is 2.12. The van der Waals surface area contributed by atoms with E-state index in [0.717, 1.165) is 11.1 Å². The molecular weight excluding hydrogens is 194 g/mol. The Balaban J connectivity index is 2.25. The van der Waals surface area contributed by atoms with Crippen molar-refractivity contribution in [1.29, 1.82) is 0 Å². The summed E-state index contributed by atoms with van der Waals surface area (Å²) in [6.07, 6.45) is -0.621. The second-order valence-electron chi connectivity index (χ2n) is 3.11. The number of aliphatic hydroxyl groups excluding tert-OH is 1. The van der Waals surface area contributed by atoms with Crippen LogP contribution in [0, 0.1) is 0 Å². The summed E-state index contributed by atoms with van der Waals surface area (Å²) in [5.41, 5.74) is 6.97. The van der Waals surface area contributed by atoms with Gasteiger partial charge in [-0.3, -0.25) is 0 Å². The van der Waals surface area contributed by atoms with Gasteiger partial charge >= 0.3 is 0 Å². The van der Waals surface area contributed by atoms with Crippen LogP contribution in [-0.2, 0) is 0 Å². The molecule has 0 amide bonds. The van der Waals surface area contributed by atoms with E-state index in [9.17, 15) is 5.11 Å².